The summed E-state index contributed by atoms with van der Waals surface area (Å²) in [5, 5.41) is 0. The summed E-state index contributed by atoms with van der Waals surface area (Å²) < 4.78 is 13.0. The van der Waals surface area contributed by atoms with Crippen molar-refractivity contribution in [1.29, 1.82) is 0 Å². The lowest BCUT2D eigenvalue weighted by atomic mass is 9.84. The zero-order chi connectivity index (χ0) is 25.4. The van der Waals surface area contributed by atoms with Gasteiger partial charge in [0.05, 0.1) is 22.9 Å². The molecule has 0 spiro atoms. The molecular weight excluding hydrogens is 447 g/mol. The van der Waals surface area contributed by atoms with Crippen LogP contribution < -0.4 is 7.58 Å². The van der Waals surface area contributed by atoms with E-state index in [0.717, 1.165) is 45.1 Å². The van der Waals surface area contributed by atoms with Gasteiger partial charge in [-0.05, 0) is 71.2 Å². The maximum absolute atomic E-state index is 6.48. The first-order valence-corrected chi connectivity index (χ1v) is 13.0. The molecule has 1 aliphatic rings. The molecule has 0 amide bonds. The van der Waals surface area contributed by atoms with Crippen molar-refractivity contribution < 1.29 is 7.58 Å². The number of fused-ring (bicyclic) bond motifs is 3. The standard InChI is InChI=1S/C30H36N2O2.Al/c1-19-13-21(27(33)23(15-19)29(3,4)5)17-31-25-11-9-10-12-26(25)32-18-22-14-20(2)16-24(28(22)34)30(6,7)8;/h9-18,33-34H,1-8H3;/q;+2/p-2. The topological polar surface area (TPSA) is 43.2 Å². The Morgan fingerprint density at radius 2 is 1.03 bits per heavy atom. The first-order valence-electron chi connectivity index (χ1n) is 12.1. The van der Waals surface area contributed by atoms with Gasteiger partial charge in [-0.15, -0.1) is 0 Å². The van der Waals surface area contributed by atoms with Crippen molar-refractivity contribution in [2.24, 2.45) is 9.98 Å². The van der Waals surface area contributed by atoms with Crippen molar-refractivity contribution in [3.8, 4) is 11.5 Å². The van der Waals surface area contributed by atoms with Gasteiger partial charge in [0.25, 0.3) is 0 Å². The third kappa shape index (κ3) is 5.69. The Kier molecular flexibility index (Phi) is 6.95. The maximum Gasteiger partial charge on any atom is 0.881 e. The molecule has 35 heavy (non-hydrogen) atoms. The van der Waals surface area contributed by atoms with E-state index in [-0.39, 0.29) is 10.8 Å². The average molecular weight is 482 g/mol. The Hall–Kier alpha value is -2.87. The molecule has 0 N–H and O–H groups in total. The van der Waals surface area contributed by atoms with Crippen molar-refractivity contribution in [2.45, 2.75) is 66.2 Å². The second kappa shape index (κ2) is 9.65. The number of hydrogen-bond acceptors (Lipinski definition) is 4. The minimum absolute atomic E-state index is 0.0933. The van der Waals surface area contributed by atoms with Crippen LogP contribution in [0.25, 0.3) is 0 Å². The highest BCUT2D eigenvalue weighted by molar-refractivity contribution is 6.21. The SMILES string of the molecule is Cc1cc2c(c(C(C)(C)C)c1)[O][Al][O]c1c(cc(C)cc1C(C)(C)C)C=Nc1ccccc1N=C2. The van der Waals surface area contributed by atoms with Crippen LogP contribution >= 0.6 is 0 Å². The van der Waals surface area contributed by atoms with Crippen LogP contribution in [-0.2, 0) is 10.8 Å². The zero-order valence-corrected chi connectivity index (χ0v) is 23.2. The second-order valence-electron chi connectivity index (χ2n) is 11.3. The quantitative estimate of drug-likeness (QED) is 0.309. The van der Waals surface area contributed by atoms with Gasteiger partial charge in [0, 0.05) is 23.6 Å². The maximum atomic E-state index is 6.48. The zero-order valence-electron chi connectivity index (χ0n) is 22.1. The average Bonchev–Trinajstić information content (AvgIpc) is 2.77. The summed E-state index contributed by atoms with van der Waals surface area (Å²) in [6.45, 7) is 17.5. The van der Waals surface area contributed by atoms with Gasteiger partial charge >= 0.3 is 15.9 Å². The van der Waals surface area contributed by atoms with Gasteiger partial charge in [-0.3, -0.25) is 9.98 Å². The van der Waals surface area contributed by atoms with Gasteiger partial charge in [0.2, 0.25) is 0 Å². The molecule has 179 valence electrons. The number of rotatable bonds is 0. The molecule has 0 unspecified atom stereocenters. The molecule has 3 aromatic carbocycles. The van der Waals surface area contributed by atoms with E-state index in [1.54, 1.807) is 0 Å². The van der Waals surface area contributed by atoms with E-state index in [4.69, 9.17) is 17.6 Å². The Balaban J connectivity index is 1.96. The highest BCUT2D eigenvalue weighted by Crippen LogP contribution is 2.38. The molecule has 0 fully saturated rings. The predicted octanol–water partition coefficient (Wildman–Crippen LogP) is 7.71. The third-order valence-electron chi connectivity index (χ3n) is 6.04. The summed E-state index contributed by atoms with van der Waals surface area (Å²) in [4.78, 5) is 9.67. The van der Waals surface area contributed by atoms with Crippen LogP contribution in [0.2, 0.25) is 0 Å². The lowest BCUT2D eigenvalue weighted by Gasteiger charge is -2.27. The van der Waals surface area contributed by atoms with E-state index in [2.05, 4.69) is 79.7 Å². The normalized spacial score (nSPS) is 13.6. The molecule has 5 heteroatoms. The van der Waals surface area contributed by atoms with Gasteiger partial charge in [0.15, 0.2) is 0 Å². The summed E-state index contributed by atoms with van der Waals surface area (Å²) in [6, 6.07) is 16.6. The Labute approximate surface area is 216 Å². The minimum Gasteiger partial charge on any atom is -0.615 e. The Morgan fingerprint density at radius 1 is 0.629 bits per heavy atom. The van der Waals surface area contributed by atoms with E-state index in [1.807, 2.05) is 36.7 Å². The molecule has 1 heterocycles. The van der Waals surface area contributed by atoms with E-state index < -0.39 is 15.9 Å². The molecule has 1 aliphatic heterocycles. The second-order valence-corrected chi connectivity index (χ2v) is 12.0. The van der Waals surface area contributed by atoms with Crippen molar-refractivity contribution in [2.75, 3.05) is 0 Å². The van der Waals surface area contributed by atoms with Gasteiger partial charge in [-0.2, -0.15) is 0 Å². The van der Waals surface area contributed by atoms with Crippen LogP contribution in [0.1, 0.15) is 74.9 Å². The first-order chi connectivity index (χ1) is 16.4. The lowest BCUT2D eigenvalue weighted by molar-refractivity contribution is 0.434. The highest BCUT2D eigenvalue weighted by Gasteiger charge is 2.26. The molecule has 0 atom stereocenters. The number of para-hydroxylation sites is 2. The molecule has 0 bridgehead atoms. The number of aliphatic imine (C=N–C) groups is 2. The summed E-state index contributed by atoms with van der Waals surface area (Å²) in [7, 11) is 0. The summed E-state index contributed by atoms with van der Waals surface area (Å²) in [5.41, 5.74) is 7.97. The van der Waals surface area contributed by atoms with Crippen molar-refractivity contribution in [3.05, 3.63) is 81.9 Å². The summed E-state index contributed by atoms with van der Waals surface area (Å²) in [6.07, 6.45) is 3.78. The number of aryl methyl sites for hydroxylation is 2. The molecule has 4 nitrogen and oxygen atoms in total. The number of nitrogens with zero attached hydrogens (tertiary/aromatic N) is 2. The molecular formula is C30H34AlN2O2. The molecule has 0 saturated heterocycles. The summed E-state index contributed by atoms with van der Waals surface area (Å²) >= 11 is -0.812. The largest absolute Gasteiger partial charge is 0.881 e. The third-order valence-corrected chi connectivity index (χ3v) is 6.70. The van der Waals surface area contributed by atoms with Crippen LogP contribution in [0, 0.1) is 13.8 Å². The fraction of sp³-hybridized carbons (Fsp3) is 0.333. The van der Waals surface area contributed by atoms with Gasteiger partial charge < -0.3 is 7.58 Å². The summed E-state index contributed by atoms with van der Waals surface area (Å²) in [5.74, 6) is 1.68. The van der Waals surface area contributed by atoms with E-state index >= 15 is 0 Å². The van der Waals surface area contributed by atoms with Crippen LogP contribution in [-0.4, -0.2) is 28.3 Å². The van der Waals surface area contributed by atoms with E-state index in [1.165, 1.54) is 11.1 Å². The van der Waals surface area contributed by atoms with Crippen LogP contribution in [0.5, 0.6) is 11.5 Å². The number of hydrogen-bond donors (Lipinski definition) is 0. The van der Waals surface area contributed by atoms with E-state index in [9.17, 15) is 0 Å². The van der Waals surface area contributed by atoms with Crippen LogP contribution in [0.3, 0.4) is 0 Å². The molecule has 0 aromatic heterocycles. The first kappa shape index (κ1) is 25.2. The smallest absolute Gasteiger partial charge is 0.615 e. The lowest BCUT2D eigenvalue weighted by Crippen LogP contribution is -2.21. The molecule has 1 radical (unpaired) electrons. The fourth-order valence-electron chi connectivity index (χ4n) is 4.25. The minimum atomic E-state index is -0.812. The fourth-order valence-corrected chi connectivity index (χ4v) is 5.02. The van der Waals surface area contributed by atoms with E-state index in [0.29, 0.717) is 0 Å². The van der Waals surface area contributed by atoms with Gasteiger partial charge in [0.1, 0.15) is 0 Å². The van der Waals surface area contributed by atoms with Crippen LogP contribution in [0.15, 0.2) is 58.5 Å². The Bertz CT molecular complexity index is 1210. The van der Waals surface area contributed by atoms with Gasteiger partial charge in [-0.25, -0.2) is 0 Å². The Morgan fingerprint density at radius 3 is 1.40 bits per heavy atom. The van der Waals surface area contributed by atoms with Crippen LogP contribution in [0.4, 0.5) is 11.4 Å². The van der Waals surface area contributed by atoms with Gasteiger partial charge in [-0.1, -0.05) is 65.8 Å². The monoisotopic (exact) mass is 481 g/mol. The van der Waals surface area contributed by atoms with Crippen molar-refractivity contribution in [1.82, 2.24) is 0 Å². The molecule has 0 aliphatic carbocycles. The molecule has 4 rings (SSSR count). The van der Waals surface area contributed by atoms with Crippen molar-refractivity contribution in [3.63, 3.8) is 0 Å². The highest BCUT2D eigenvalue weighted by atomic mass is 27.2. The number of benzene rings is 3. The van der Waals surface area contributed by atoms with Crippen molar-refractivity contribution >= 4 is 39.7 Å². The predicted molar refractivity (Wildman–Crippen MR) is 148 cm³/mol. The molecule has 0 saturated carbocycles. The molecule has 3 aromatic rings.